The van der Waals surface area contributed by atoms with Gasteiger partial charge in [-0.05, 0) is 36.5 Å². The fraction of sp³-hybridized carbons (Fsp3) is 0.375. The van der Waals surface area contributed by atoms with Gasteiger partial charge in [0.15, 0.2) is 0 Å². The molecule has 1 aliphatic rings. The standard InChI is InChI=1S/C16H18FN3OS.ClH/c17-13-5-3-12(4-6-13)9-20(8-11-1-2-11)16(21)14-10-22-15(7-18)19-14;/h3-6,10-11H,1-2,7-9,18H2;1H. The van der Waals surface area contributed by atoms with Gasteiger partial charge in [-0.1, -0.05) is 12.1 Å². The van der Waals surface area contributed by atoms with Gasteiger partial charge in [-0.2, -0.15) is 0 Å². The van der Waals surface area contributed by atoms with Crippen molar-refractivity contribution in [1.82, 2.24) is 9.88 Å². The zero-order chi connectivity index (χ0) is 15.5. The highest BCUT2D eigenvalue weighted by Crippen LogP contribution is 2.30. The molecule has 23 heavy (non-hydrogen) atoms. The van der Waals surface area contributed by atoms with Crippen LogP contribution in [0, 0.1) is 11.7 Å². The summed E-state index contributed by atoms with van der Waals surface area (Å²) < 4.78 is 13.0. The molecule has 1 heterocycles. The molecule has 0 radical (unpaired) electrons. The molecule has 2 N–H and O–H groups in total. The third-order valence-corrected chi connectivity index (χ3v) is 4.57. The van der Waals surface area contributed by atoms with E-state index in [2.05, 4.69) is 4.98 Å². The van der Waals surface area contributed by atoms with Crippen molar-refractivity contribution in [3.05, 3.63) is 51.7 Å². The molecule has 1 aliphatic carbocycles. The Kier molecular flexibility index (Phi) is 6.10. The van der Waals surface area contributed by atoms with E-state index >= 15 is 0 Å². The van der Waals surface area contributed by atoms with Gasteiger partial charge >= 0.3 is 0 Å². The van der Waals surface area contributed by atoms with Gasteiger partial charge in [0.25, 0.3) is 5.91 Å². The van der Waals surface area contributed by atoms with Crippen LogP contribution in [0.15, 0.2) is 29.6 Å². The van der Waals surface area contributed by atoms with E-state index in [1.807, 2.05) is 0 Å². The summed E-state index contributed by atoms with van der Waals surface area (Å²) >= 11 is 1.40. The third-order valence-electron chi connectivity index (χ3n) is 3.69. The first-order chi connectivity index (χ1) is 10.7. The Morgan fingerprint density at radius 2 is 2.04 bits per heavy atom. The second kappa shape index (κ2) is 7.86. The molecule has 0 spiro atoms. The minimum Gasteiger partial charge on any atom is -0.333 e. The number of rotatable bonds is 6. The molecule has 124 valence electrons. The maximum atomic E-state index is 13.0. The van der Waals surface area contributed by atoms with Crippen molar-refractivity contribution in [1.29, 1.82) is 0 Å². The lowest BCUT2D eigenvalue weighted by Gasteiger charge is -2.22. The molecule has 1 amide bonds. The molecule has 0 aliphatic heterocycles. The lowest BCUT2D eigenvalue weighted by molar-refractivity contribution is 0.0729. The minimum absolute atomic E-state index is 0. The van der Waals surface area contributed by atoms with Crippen LogP contribution in [0.25, 0.3) is 0 Å². The number of nitrogens with zero attached hydrogens (tertiary/aromatic N) is 2. The van der Waals surface area contributed by atoms with E-state index in [-0.39, 0.29) is 24.1 Å². The Morgan fingerprint density at radius 1 is 1.35 bits per heavy atom. The lowest BCUT2D eigenvalue weighted by atomic mass is 10.2. The van der Waals surface area contributed by atoms with Gasteiger partial charge < -0.3 is 10.6 Å². The largest absolute Gasteiger partial charge is 0.333 e. The van der Waals surface area contributed by atoms with Crippen LogP contribution in [0.2, 0.25) is 0 Å². The van der Waals surface area contributed by atoms with E-state index in [1.165, 1.54) is 23.5 Å². The fourth-order valence-corrected chi connectivity index (χ4v) is 2.95. The maximum Gasteiger partial charge on any atom is 0.273 e. The van der Waals surface area contributed by atoms with Gasteiger partial charge in [-0.25, -0.2) is 9.37 Å². The van der Waals surface area contributed by atoms with Crippen molar-refractivity contribution in [3.8, 4) is 0 Å². The van der Waals surface area contributed by atoms with Gasteiger partial charge in [0.05, 0.1) is 0 Å². The molecule has 1 aromatic carbocycles. The average Bonchev–Trinajstić information content (AvgIpc) is 3.21. The second-order valence-electron chi connectivity index (χ2n) is 5.59. The molecule has 4 nitrogen and oxygen atoms in total. The van der Waals surface area contributed by atoms with E-state index in [9.17, 15) is 9.18 Å². The molecule has 1 aromatic heterocycles. The quantitative estimate of drug-likeness (QED) is 0.865. The van der Waals surface area contributed by atoms with E-state index in [0.717, 1.165) is 30.0 Å². The van der Waals surface area contributed by atoms with Crippen LogP contribution in [0.3, 0.4) is 0 Å². The molecule has 0 atom stereocenters. The lowest BCUT2D eigenvalue weighted by Crippen LogP contribution is -2.32. The van der Waals surface area contributed by atoms with Gasteiger partial charge in [-0.3, -0.25) is 4.79 Å². The predicted molar refractivity (Wildman–Crippen MR) is 91.1 cm³/mol. The van der Waals surface area contributed by atoms with E-state index in [4.69, 9.17) is 5.73 Å². The van der Waals surface area contributed by atoms with Crippen LogP contribution in [0.4, 0.5) is 4.39 Å². The number of amides is 1. The molecular weight excluding hydrogens is 337 g/mol. The maximum absolute atomic E-state index is 13.0. The summed E-state index contributed by atoms with van der Waals surface area (Å²) in [5, 5.41) is 2.52. The molecule has 1 fully saturated rings. The zero-order valence-electron chi connectivity index (χ0n) is 12.6. The number of hydrogen-bond acceptors (Lipinski definition) is 4. The SMILES string of the molecule is Cl.NCc1nc(C(=O)N(Cc2ccc(F)cc2)CC2CC2)cs1. The first-order valence-electron chi connectivity index (χ1n) is 7.34. The highest BCUT2D eigenvalue weighted by molar-refractivity contribution is 7.09. The molecule has 7 heteroatoms. The van der Waals surface area contributed by atoms with Crippen molar-refractivity contribution >= 4 is 29.7 Å². The first kappa shape index (κ1) is 17.8. The Labute approximate surface area is 144 Å². The summed E-state index contributed by atoms with van der Waals surface area (Å²) in [6.45, 7) is 1.55. The van der Waals surface area contributed by atoms with Crippen LogP contribution >= 0.6 is 23.7 Å². The summed E-state index contributed by atoms with van der Waals surface area (Å²) in [5.74, 6) is 0.236. The first-order valence-corrected chi connectivity index (χ1v) is 8.22. The Bertz CT molecular complexity index is 658. The number of benzene rings is 1. The second-order valence-corrected chi connectivity index (χ2v) is 6.53. The van der Waals surface area contributed by atoms with Crippen LogP contribution in [0.1, 0.15) is 33.9 Å². The van der Waals surface area contributed by atoms with Gasteiger partial charge in [-0.15, -0.1) is 23.7 Å². The van der Waals surface area contributed by atoms with Crippen LogP contribution in [-0.2, 0) is 13.1 Å². The molecule has 2 aromatic rings. The van der Waals surface area contributed by atoms with Crippen molar-refractivity contribution in [3.63, 3.8) is 0 Å². The summed E-state index contributed by atoms with van der Waals surface area (Å²) in [6, 6.07) is 6.28. The van der Waals surface area contributed by atoms with Gasteiger partial charge in [0, 0.05) is 25.0 Å². The van der Waals surface area contributed by atoms with Crippen molar-refractivity contribution in [2.45, 2.75) is 25.9 Å². The highest BCUT2D eigenvalue weighted by atomic mass is 35.5. The molecular formula is C16H19ClFN3OS. The minimum atomic E-state index is -0.268. The average molecular weight is 356 g/mol. The highest BCUT2D eigenvalue weighted by Gasteiger charge is 2.28. The Balaban J connectivity index is 0.00000192. The normalized spacial score (nSPS) is 13.5. The molecule has 0 bridgehead atoms. The summed E-state index contributed by atoms with van der Waals surface area (Å²) in [7, 11) is 0. The number of aromatic nitrogens is 1. The van der Waals surface area contributed by atoms with Gasteiger partial charge in [0.1, 0.15) is 16.5 Å². The predicted octanol–water partition coefficient (Wildman–Crippen LogP) is 3.22. The Morgan fingerprint density at radius 3 is 2.61 bits per heavy atom. The van der Waals surface area contributed by atoms with Crippen molar-refractivity contribution < 1.29 is 9.18 Å². The number of hydrogen-bond donors (Lipinski definition) is 1. The van der Waals surface area contributed by atoms with Crippen LogP contribution in [0.5, 0.6) is 0 Å². The number of thiazole rings is 1. The zero-order valence-corrected chi connectivity index (χ0v) is 14.2. The number of nitrogens with two attached hydrogens (primary N) is 1. The summed E-state index contributed by atoms with van der Waals surface area (Å²) in [4.78, 5) is 18.7. The molecule has 0 saturated heterocycles. The summed E-state index contributed by atoms with van der Waals surface area (Å²) in [6.07, 6.45) is 2.33. The number of carbonyl (C=O) groups excluding carboxylic acids is 1. The number of carbonyl (C=O) groups is 1. The monoisotopic (exact) mass is 355 g/mol. The smallest absolute Gasteiger partial charge is 0.273 e. The van der Waals surface area contributed by atoms with E-state index < -0.39 is 0 Å². The van der Waals surface area contributed by atoms with Crippen molar-refractivity contribution in [2.24, 2.45) is 11.7 Å². The Hall–Kier alpha value is -1.50. The van der Waals surface area contributed by atoms with E-state index in [1.54, 1.807) is 22.4 Å². The van der Waals surface area contributed by atoms with Crippen LogP contribution < -0.4 is 5.73 Å². The third kappa shape index (κ3) is 4.73. The summed E-state index contributed by atoms with van der Waals surface area (Å²) in [5.41, 5.74) is 6.93. The van der Waals surface area contributed by atoms with E-state index in [0.29, 0.717) is 24.7 Å². The van der Waals surface area contributed by atoms with Crippen molar-refractivity contribution in [2.75, 3.05) is 6.54 Å². The topological polar surface area (TPSA) is 59.2 Å². The molecule has 3 rings (SSSR count). The van der Waals surface area contributed by atoms with Gasteiger partial charge in [0.2, 0.25) is 0 Å². The van der Waals surface area contributed by atoms with Crippen LogP contribution in [-0.4, -0.2) is 22.3 Å². The fourth-order valence-electron chi connectivity index (χ4n) is 2.31. The molecule has 0 unspecified atom stereocenters. The number of halogens is 2. The molecule has 1 saturated carbocycles.